The Labute approximate surface area is 278 Å². The molecular weight excluding hydrogens is 562 g/mol. The zero-order valence-corrected chi connectivity index (χ0v) is 30.0. The number of aliphatic hydroxyl groups is 2. The van der Waals surface area contributed by atoms with Crippen LogP contribution in [0.1, 0.15) is 201 Å². The van der Waals surface area contributed by atoms with E-state index in [-0.39, 0.29) is 24.9 Å². The predicted molar refractivity (Wildman–Crippen MR) is 190 cm³/mol. The maximum Gasteiger partial charge on any atom is 0.306 e. The Morgan fingerprint density at radius 1 is 0.622 bits per heavy atom. The molecule has 0 aliphatic heterocycles. The third-order valence-corrected chi connectivity index (χ3v) is 8.83. The molecule has 0 saturated carbocycles. The molecule has 0 heterocycles. The van der Waals surface area contributed by atoms with E-state index in [0.717, 1.165) is 64.2 Å². The second-order valence-corrected chi connectivity index (χ2v) is 13.3. The lowest BCUT2D eigenvalue weighted by Crippen LogP contribution is -2.46. The Bertz CT molecular complexity index is 682. The molecule has 0 fully saturated rings. The molecule has 6 heteroatoms. The summed E-state index contributed by atoms with van der Waals surface area (Å²) in [5, 5.41) is 23.4. The molecular formula is C39H75NO5. The molecule has 3 atom stereocenters. The van der Waals surface area contributed by atoms with Crippen LogP contribution >= 0.6 is 0 Å². The highest BCUT2D eigenvalue weighted by Crippen LogP contribution is 2.17. The van der Waals surface area contributed by atoms with Crippen LogP contribution in [0.15, 0.2) is 12.2 Å². The number of esters is 1. The summed E-state index contributed by atoms with van der Waals surface area (Å²) in [5.41, 5.74) is 0. The van der Waals surface area contributed by atoms with Gasteiger partial charge in [-0.1, -0.05) is 155 Å². The first kappa shape index (κ1) is 43.6. The van der Waals surface area contributed by atoms with Crippen molar-refractivity contribution in [2.24, 2.45) is 0 Å². The lowest BCUT2D eigenvalue weighted by atomic mass is 10.0. The minimum Gasteiger partial charge on any atom is -0.462 e. The molecule has 1 amide bonds. The molecule has 3 N–H and O–H groups in total. The Morgan fingerprint density at radius 3 is 1.67 bits per heavy atom. The zero-order valence-electron chi connectivity index (χ0n) is 30.0. The number of hydrogen-bond acceptors (Lipinski definition) is 5. The minimum absolute atomic E-state index is 0.0778. The Morgan fingerprint density at radius 2 is 1.11 bits per heavy atom. The first-order valence-electron chi connectivity index (χ1n) is 19.4. The molecule has 0 aromatic carbocycles. The fraction of sp³-hybridized carbons (Fsp3) is 0.897. The van der Waals surface area contributed by atoms with E-state index in [2.05, 4.69) is 38.2 Å². The van der Waals surface area contributed by atoms with Crippen LogP contribution in [0.5, 0.6) is 0 Å². The Kier molecular flexibility index (Phi) is 32.9. The number of carbonyl (C=O) groups excluding carboxylic acids is 2. The summed E-state index contributed by atoms with van der Waals surface area (Å²) in [4.78, 5) is 25.6. The number of amides is 1. The molecule has 3 unspecified atom stereocenters. The van der Waals surface area contributed by atoms with E-state index in [1.165, 1.54) is 89.9 Å². The number of carbonyl (C=O) groups is 2. The van der Waals surface area contributed by atoms with E-state index >= 15 is 0 Å². The molecule has 0 bridgehead atoms. The van der Waals surface area contributed by atoms with Crippen molar-refractivity contribution in [3.05, 3.63) is 12.2 Å². The van der Waals surface area contributed by atoms with E-state index in [1.54, 1.807) is 0 Å². The van der Waals surface area contributed by atoms with Crippen LogP contribution in [0.25, 0.3) is 0 Å². The molecule has 0 aliphatic rings. The summed E-state index contributed by atoms with van der Waals surface area (Å²) in [6, 6.07) is -0.691. The molecule has 0 aromatic rings. The van der Waals surface area contributed by atoms with Crippen LogP contribution in [0.3, 0.4) is 0 Å². The highest BCUT2D eigenvalue weighted by atomic mass is 16.5. The van der Waals surface area contributed by atoms with Crippen molar-refractivity contribution in [2.75, 3.05) is 6.61 Å². The summed E-state index contributed by atoms with van der Waals surface area (Å²) in [5.74, 6) is -0.490. The second-order valence-electron chi connectivity index (χ2n) is 13.3. The molecule has 0 saturated heterocycles. The molecule has 0 rings (SSSR count). The lowest BCUT2D eigenvalue weighted by Gasteiger charge is -2.24. The first-order chi connectivity index (χ1) is 22.0. The molecule has 0 aliphatic carbocycles. The van der Waals surface area contributed by atoms with Gasteiger partial charge in [0.15, 0.2) is 0 Å². The highest BCUT2D eigenvalue weighted by Gasteiger charge is 2.24. The maximum absolute atomic E-state index is 13.0. The predicted octanol–water partition coefficient (Wildman–Crippen LogP) is 10.3. The zero-order chi connectivity index (χ0) is 33.2. The van der Waals surface area contributed by atoms with E-state index in [1.807, 2.05) is 0 Å². The average Bonchev–Trinajstić information content (AvgIpc) is 3.03. The monoisotopic (exact) mass is 638 g/mol. The van der Waals surface area contributed by atoms with Gasteiger partial charge in [-0.2, -0.15) is 0 Å². The third-order valence-electron chi connectivity index (χ3n) is 8.83. The number of unbranched alkanes of at least 4 members (excludes halogenated alkanes) is 20. The Hall–Kier alpha value is -1.40. The molecule has 45 heavy (non-hydrogen) atoms. The van der Waals surface area contributed by atoms with Crippen molar-refractivity contribution in [1.82, 2.24) is 5.32 Å². The van der Waals surface area contributed by atoms with Gasteiger partial charge in [-0.3, -0.25) is 9.59 Å². The van der Waals surface area contributed by atoms with Crippen molar-refractivity contribution < 1.29 is 24.5 Å². The van der Waals surface area contributed by atoms with E-state index in [9.17, 15) is 19.8 Å². The number of hydrogen-bond donors (Lipinski definition) is 3. The quantitative estimate of drug-likeness (QED) is 0.0371. The summed E-state index contributed by atoms with van der Waals surface area (Å²) in [6.07, 6.45) is 32.8. The fourth-order valence-corrected chi connectivity index (χ4v) is 5.84. The SMILES string of the molecule is CCC/C=C\CCCCCCCC(=O)OC(CCCCCCCCC)CC(=O)NC(CO)C(O)CCCCCCCCCCC. The van der Waals surface area contributed by atoms with Crippen molar-refractivity contribution in [3.63, 3.8) is 0 Å². The largest absolute Gasteiger partial charge is 0.462 e. The molecule has 0 radical (unpaired) electrons. The summed E-state index contributed by atoms with van der Waals surface area (Å²) in [7, 11) is 0. The van der Waals surface area contributed by atoms with Crippen molar-refractivity contribution in [3.8, 4) is 0 Å². The van der Waals surface area contributed by atoms with Crippen LogP contribution in [0, 0.1) is 0 Å². The van der Waals surface area contributed by atoms with E-state index in [4.69, 9.17) is 4.74 Å². The third kappa shape index (κ3) is 29.7. The summed E-state index contributed by atoms with van der Waals surface area (Å²) >= 11 is 0. The van der Waals surface area contributed by atoms with Gasteiger partial charge in [-0.05, 0) is 44.9 Å². The van der Waals surface area contributed by atoms with Crippen LogP contribution < -0.4 is 5.32 Å². The van der Waals surface area contributed by atoms with Gasteiger partial charge in [0.25, 0.3) is 0 Å². The van der Waals surface area contributed by atoms with Gasteiger partial charge in [0, 0.05) is 6.42 Å². The van der Waals surface area contributed by atoms with Crippen LogP contribution in [-0.2, 0) is 14.3 Å². The van der Waals surface area contributed by atoms with Gasteiger partial charge in [0.2, 0.25) is 5.91 Å². The van der Waals surface area contributed by atoms with Crippen molar-refractivity contribution >= 4 is 11.9 Å². The Balaban J connectivity index is 4.54. The number of ether oxygens (including phenoxy) is 1. The number of nitrogens with one attached hydrogen (secondary N) is 1. The summed E-state index contributed by atoms with van der Waals surface area (Å²) < 4.78 is 5.82. The molecule has 6 nitrogen and oxygen atoms in total. The van der Waals surface area contributed by atoms with E-state index in [0.29, 0.717) is 19.3 Å². The number of aliphatic hydroxyl groups excluding tert-OH is 2. The second kappa shape index (κ2) is 33.9. The van der Waals surface area contributed by atoms with Crippen molar-refractivity contribution in [2.45, 2.75) is 219 Å². The smallest absolute Gasteiger partial charge is 0.306 e. The van der Waals surface area contributed by atoms with Crippen LogP contribution in [0.4, 0.5) is 0 Å². The number of allylic oxidation sites excluding steroid dienone is 2. The average molecular weight is 638 g/mol. The summed E-state index contributed by atoms with van der Waals surface area (Å²) in [6.45, 7) is 6.34. The highest BCUT2D eigenvalue weighted by molar-refractivity contribution is 5.77. The maximum atomic E-state index is 13.0. The van der Waals surface area contributed by atoms with Crippen LogP contribution in [0.2, 0.25) is 0 Å². The standard InChI is InChI=1S/C39H75NO5/c1-4-7-10-13-16-18-20-23-26-29-32-39(44)45-35(30-27-24-21-15-12-9-6-3)33-38(43)40-36(34-41)37(42)31-28-25-22-19-17-14-11-8-5-2/h10,13,35-37,41-42H,4-9,11-12,14-34H2,1-3H3,(H,40,43)/b13-10-. The van der Waals surface area contributed by atoms with Gasteiger partial charge in [-0.15, -0.1) is 0 Å². The van der Waals surface area contributed by atoms with Gasteiger partial charge in [0.1, 0.15) is 6.10 Å². The topological polar surface area (TPSA) is 95.9 Å². The normalized spacial score (nSPS) is 13.6. The molecule has 0 aromatic heterocycles. The number of rotatable bonds is 34. The van der Waals surface area contributed by atoms with E-state index < -0.39 is 18.2 Å². The first-order valence-corrected chi connectivity index (χ1v) is 19.4. The van der Waals surface area contributed by atoms with Gasteiger partial charge < -0.3 is 20.3 Å². The van der Waals surface area contributed by atoms with Gasteiger partial charge in [-0.25, -0.2) is 0 Å². The van der Waals surface area contributed by atoms with Gasteiger partial charge in [0.05, 0.1) is 25.2 Å². The molecule has 266 valence electrons. The van der Waals surface area contributed by atoms with Crippen molar-refractivity contribution in [1.29, 1.82) is 0 Å². The van der Waals surface area contributed by atoms with Gasteiger partial charge >= 0.3 is 5.97 Å². The lowest BCUT2D eigenvalue weighted by molar-refractivity contribution is -0.151. The minimum atomic E-state index is -0.778. The molecule has 0 spiro atoms. The fourth-order valence-electron chi connectivity index (χ4n) is 5.84. The van der Waals surface area contributed by atoms with Crippen LogP contribution in [-0.4, -0.2) is 46.9 Å².